The van der Waals surface area contributed by atoms with Gasteiger partial charge in [-0.3, -0.25) is 0 Å². The van der Waals surface area contributed by atoms with Gasteiger partial charge in [0.25, 0.3) is 0 Å². The maximum Gasteiger partial charge on any atom is 0.0819 e. The lowest BCUT2D eigenvalue weighted by Crippen LogP contribution is -2.69. The molecule has 2 rings (SSSR count). The number of nitrogen functional groups attached to an aromatic ring is 2. The molecule has 2 nitrogen and oxygen atoms in total. The van der Waals surface area contributed by atoms with E-state index in [1.165, 1.54) is 10.4 Å². The zero-order chi connectivity index (χ0) is 15.0. The first-order valence-electron chi connectivity index (χ1n) is 6.98. The Morgan fingerprint density at radius 2 is 0.900 bits per heavy atom. The van der Waals surface area contributed by atoms with Crippen LogP contribution in [-0.2, 0) is 0 Å². The molecule has 0 spiro atoms. The fraction of sp³-hybridized carbons (Fsp3) is 0.250. The molecule has 0 saturated heterocycles. The van der Waals surface area contributed by atoms with Crippen molar-refractivity contribution >= 4 is 36.9 Å². The van der Waals surface area contributed by atoms with Crippen molar-refractivity contribution in [3.63, 3.8) is 0 Å². The van der Waals surface area contributed by atoms with Crippen LogP contribution in [0, 0.1) is 0 Å². The highest BCUT2D eigenvalue weighted by Gasteiger charge is 2.45. The number of anilines is 2. The van der Waals surface area contributed by atoms with Gasteiger partial charge in [0.05, 0.1) is 15.2 Å². The van der Waals surface area contributed by atoms with Crippen LogP contribution >= 0.6 is 0 Å². The fourth-order valence-corrected chi connectivity index (χ4v) is 12.2. The quantitative estimate of drug-likeness (QED) is 0.676. The SMILES string of the molecule is C[Si](C)(c1ccccc1N)[Si](C)(C)c1ccccc1N. The number of benzene rings is 2. The van der Waals surface area contributed by atoms with Crippen LogP contribution in [0.4, 0.5) is 11.4 Å². The van der Waals surface area contributed by atoms with Gasteiger partial charge in [0.15, 0.2) is 0 Å². The third-order valence-electron chi connectivity index (χ3n) is 4.83. The summed E-state index contributed by atoms with van der Waals surface area (Å²) in [6.07, 6.45) is 0. The van der Waals surface area contributed by atoms with Crippen LogP contribution in [0.5, 0.6) is 0 Å². The van der Waals surface area contributed by atoms with Gasteiger partial charge in [0.1, 0.15) is 0 Å². The maximum atomic E-state index is 6.25. The number of para-hydroxylation sites is 2. The predicted octanol–water partition coefficient (Wildman–Crippen LogP) is 2.46. The zero-order valence-electron chi connectivity index (χ0n) is 12.8. The Balaban J connectivity index is 2.58. The number of hydrogen-bond donors (Lipinski definition) is 2. The van der Waals surface area contributed by atoms with E-state index in [-0.39, 0.29) is 0 Å². The second-order valence-electron chi connectivity index (χ2n) is 6.42. The molecule has 0 amide bonds. The summed E-state index contributed by atoms with van der Waals surface area (Å²) in [5.41, 5.74) is 14.4. The summed E-state index contributed by atoms with van der Waals surface area (Å²) in [5, 5.41) is 2.72. The topological polar surface area (TPSA) is 52.0 Å². The molecule has 0 aliphatic carbocycles. The van der Waals surface area contributed by atoms with Crippen LogP contribution in [0.3, 0.4) is 0 Å². The van der Waals surface area contributed by atoms with Crippen LogP contribution in [-0.4, -0.2) is 15.2 Å². The maximum absolute atomic E-state index is 6.25. The zero-order valence-corrected chi connectivity index (χ0v) is 14.8. The monoisotopic (exact) mass is 300 g/mol. The van der Waals surface area contributed by atoms with E-state index in [9.17, 15) is 0 Å². The third-order valence-corrected chi connectivity index (χ3v) is 22.6. The van der Waals surface area contributed by atoms with Crippen LogP contribution in [0.15, 0.2) is 48.5 Å². The Bertz CT molecular complexity index is 566. The van der Waals surface area contributed by atoms with Gasteiger partial charge in [0.2, 0.25) is 0 Å². The minimum atomic E-state index is -1.69. The first kappa shape index (κ1) is 14.9. The Morgan fingerprint density at radius 3 is 1.20 bits per heavy atom. The van der Waals surface area contributed by atoms with Gasteiger partial charge in [-0.15, -0.1) is 0 Å². The molecule has 0 aliphatic heterocycles. The Labute approximate surface area is 123 Å². The normalized spacial score (nSPS) is 12.4. The molecule has 2 aromatic rings. The van der Waals surface area contributed by atoms with Crippen molar-refractivity contribution in [2.24, 2.45) is 0 Å². The van der Waals surface area contributed by atoms with Crippen molar-refractivity contribution < 1.29 is 0 Å². The van der Waals surface area contributed by atoms with Gasteiger partial charge in [0, 0.05) is 11.4 Å². The molecule has 20 heavy (non-hydrogen) atoms. The van der Waals surface area contributed by atoms with Crippen LogP contribution < -0.4 is 21.8 Å². The summed E-state index contributed by atoms with van der Waals surface area (Å²) in [4.78, 5) is 0. The molecular formula is C16H24N2Si2. The molecule has 0 aliphatic rings. The average Bonchev–Trinajstić information content (AvgIpc) is 2.39. The largest absolute Gasteiger partial charge is 0.399 e. The van der Waals surface area contributed by atoms with Crippen LogP contribution in [0.25, 0.3) is 0 Å². The predicted molar refractivity (Wildman–Crippen MR) is 95.9 cm³/mol. The molecule has 0 bridgehead atoms. The highest BCUT2D eigenvalue weighted by atomic mass is 29.3. The second kappa shape index (κ2) is 5.11. The van der Waals surface area contributed by atoms with Gasteiger partial charge < -0.3 is 11.5 Å². The van der Waals surface area contributed by atoms with Crippen molar-refractivity contribution in [2.75, 3.05) is 11.5 Å². The molecule has 0 unspecified atom stereocenters. The molecule has 0 aromatic heterocycles. The molecule has 0 heterocycles. The first-order chi connectivity index (χ1) is 9.28. The van der Waals surface area contributed by atoms with E-state index in [0.717, 1.165) is 11.4 Å². The lowest BCUT2D eigenvalue weighted by molar-refractivity contribution is 1.66. The van der Waals surface area contributed by atoms with Gasteiger partial charge in [-0.1, -0.05) is 62.6 Å². The van der Waals surface area contributed by atoms with E-state index >= 15 is 0 Å². The summed E-state index contributed by atoms with van der Waals surface area (Å²) >= 11 is 0. The molecule has 2 aromatic carbocycles. The smallest absolute Gasteiger partial charge is 0.0819 e. The molecular weight excluding hydrogens is 276 g/mol. The first-order valence-corrected chi connectivity index (χ1v) is 14.0. The van der Waals surface area contributed by atoms with E-state index in [4.69, 9.17) is 11.5 Å². The van der Waals surface area contributed by atoms with Crippen molar-refractivity contribution in [3.05, 3.63) is 48.5 Å². The van der Waals surface area contributed by atoms with Crippen molar-refractivity contribution in [2.45, 2.75) is 26.2 Å². The van der Waals surface area contributed by atoms with E-state index < -0.39 is 15.2 Å². The lowest BCUT2D eigenvalue weighted by atomic mass is 10.3. The highest BCUT2D eigenvalue weighted by Crippen LogP contribution is 2.23. The lowest BCUT2D eigenvalue weighted by Gasteiger charge is -2.40. The Kier molecular flexibility index (Phi) is 3.80. The van der Waals surface area contributed by atoms with Gasteiger partial charge >= 0.3 is 0 Å². The fourth-order valence-electron chi connectivity index (χ4n) is 2.81. The molecule has 0 radical (unpaired) electrons. The Morgan fingerprint density at radius 1 is 0.600 bits per heavy atom. The minimum absolute atomic E-state index is 0.930. The van der Waals surface area contributed by atoms with Gasteiger partial charge in [-0.2, -0.15) is 0 Å². The summed E-state index contributed by atoms with van der Waals surface area (Å²) < 4.78 is 0. The van der Waals surface area contributed by atoms with Crippen molar-refractivity contribution in [1.29, 1.82) is 0 Å². The van der Waals surface area contributed by atoms with E-state index in [1.807, 2.05) is 24.3 Å². The van der Waals surface area contributed by atoms with Gasteiger partial charge in [-0.25, -0.2) is 0 Å². The van der Waals surface area contributed by atoms with E-state index in [1.54, 1.807) is 0 Å². The number of rotatable bonds is 3. The number of nitrogens with two attached hydrogens (primary N) is 2. The summed E-state index contributed by atoms with van der Waals surface area (Å²) in [5.74, 6) is 0. The van der Waals surface area contributed by atoms with Crippen molar-refractivity contribution in [1.82, 2.24) is 0 Å². The molecule has 106 valence electrons. The van der Waals surface area contributed by atoms with Crippen LogP contribution in [0.2, 0.25) is 26.2 Å². The molecule has 0 fully saturated rings. The summed E-state index contributed by atoms with van der Waals surface area (Å²) in [7, 11) is -3.38. The standard InChI is InChI=1S/C16H24N2Si2/c1-19(2,15-11-7-5-9-13(15)17)20(3,4)16-12-8-6-10-14(16)18/h5-12H,17-18H2,1-4H3. The summed E-state index contributed by atoms with van der Waals surface area (Å²) in [6.45, 7) is 9.71. The Hall–Kier alpha value is -1.53. The van der Waals surface area contributed by atoms with E-state index in [2.05, 4.69) is 50.5 Å². The summed E-state index contributed by atoms with van der Waals surface area (Å²) in [6, 6.07) is 16.7. The second-order valence-corrected chi connectivity index (χ2v) is 21.5. The molecule has 4 N–H and O–H groups in total. The molecule has 0 atom stereocenters. The average molecular weight is 301 g/mol. The van der Waals surface area contributed by atoms with E-state index in [0.29, 0.717) is 0 Å². The minimum Gasteiger partial charge on any atom is -0.399 e. The molecule has 0 saturated carbocycles. The van der Waals surface area contributed by atoms with Gasteiger partial charge in [-0.05, 0) is 22.5 Å². The van der Waals surface area contributed by atoms with Crippen molar-refractivity contribution in [3.8, 4) is 0 Å². The molecule has 4 heteroatoms. The highest BCUT2D eigenvalue weighted by molar-refractivity contribution is 7.50. The number of hydrogen-bond acceptors (Lipinski definition) is 2. The van der Waals surface area contributed by atoms with Crippen LogP contribution in [0.1, 0.15) is 0 Å². The third kappa shape index (κ3) is 2.29.